The highest BCUT2D eigenvalue weighted by atomic mass is 16.5. The number of ether oxygens (including phenoxy) is 1. The number of carbonyl (C=O) groups excluding carboxylic acids is 2. The van der Waals surface area contributed by atoms with Gasteiger partial charge in [-0.25, -0.2) is 14.5 Å². The van der Waals surface area contributed by atoms with Crippen molar-refractivity contribution in [1.29, 1.82) is 0 Å². The van der Waals surface area contributed by atoms with Gasteiger partial charge in [0.25, 0.3) is 11.8 Å². The number of carbonyl (C=O) groups is 2. The fourth-order valence-corrected chi connectivity index (χ4v) is 5.35. The van der Waals surface area contributed by atoms with Gasteiger partial charge in [-0.3, -0.25) is 19.4 Å². The number of amides is 2. The van der Waals surface area contributed by atoms with E-state index in [1.54, 1.807) is 42.0 Å². The molecule has 0 spiro atoms. The van der Waals surface area contributed by atoms with Gasteiger partial charge in [0, 0.05) is 31.9 Å². The van der Waals surface area contributed by atoms with E-state index in [0.717, 1.165) is 68.1 Å². The summed E-state index contributed by atoms with van der Waals surface area (Å²) in [6, 6.07) is 6.28. The number of rotatable bonds is 6. The summed E-state index contributed by atoms with van der Waals surface area (Å²) in [5.41, 5.74) is 4.68. The van der Waals surface area contributed by atoms with Gasteiger partial charge < -0.3 is 9.30 Å². The van der Waals surface area contributed by atoms with Gasteiger partial charge in [-0.1, -0.05) is 12.1 Å². The lowest BCUT2D eigenvalue weighted by atomic mass is 10.1. The summed E-state index contributed by atoms with van der Waals surface area (Å²) in [5, 5.41) is 5.57. The van der Waals surface area contributed by atoms with Gasteiger partial charge >= 0.3 is 0 Å². The zero-order chi connectivity index (χ0) is 25.0. The number of aryl methyl sites for hydroxylation is 2. The third-order valence-electron chi connectivity index (χ3n) is 7.51. The van der Waals surface area contributed by atoms with Crippen LogP contribution in [0.5, 0.6) is 0 Å². The summed E-state index contributed by atoms with van der Waals surface area (Å²) in [4.78, 5) is 39.2. The second-order valence-corrected chi connectivity index (χ2v) is 9.55. The van der Waals surface area contributed by atoms with Crippen molar-refractivity contribution in [1.82, 2.24) is 33.9 Å². The normalized spacial score (nSPS) is 17.5. The second-order valence-electron chi connectivity index (χ2n) is 9.55. The molecule has 6 rings (SSSR count). The molecule has 1 atom stereocenters. The average Bonchev–Trinajstić information content (AvgIpc) is 3.52. The third-order valence-corrected chi connectivity index (χ3v) is 7.51. The summed E-state index contributed by atoms with van der Waals surface area (Å²) in [6.45, 7) is 11.4. The Hall–Kier alpha value is -3.63. The minimum atomic E-state index is -0.607. The fraction of sp³-hybridized carbons (Fsp3) is 0.423. The Bertz CT molecular complexity index is 1460. The molecule has 2 amide bonds. The van der Waals surface area contributed by atoms with E-state index in [-0.39, 0.29) is 11.8 Å². The summed E-state index contributed by atoms with van der Waals surface area (Å²) in [6.07, 6.45) is 2.69. The van der Waals surface area contributed by atoms with Crippen molar-refractivity contribution in [3.05, 3.63) is 58.8 Å². The molecule has 36 heavy (non-hydrogen) atoms. The summed E-state index contributed by atoms with van der Waals surface area (Å²) in [5.74, 6) is -0.219. The van der Waals surface area contributed by atoms with Crippen molar-refractivity contribution in [3.8, 4) is 0 Å². The first-order valence-corrected chi connectivity index (χ1v) is 12.4. The van der Waals surface area contributed by atoms with Gasteiger partial charge in [-0.05, 0) is 44.9 Å². The van der Waals surface area contributed by atoms with Gasteiger partial charge in [0.05, 0.1) is 35.8 Å². The van der Waals surface area contributed by atoms with Gasteiger partial charge in [0.2, 0.25) is 0 Å². The Balaban J connectivity index is 1.31. The molecule has 1 aromatic carbocycles. The minimum Gasteiger partial charge on any atom is -0.379 e. The summed E-state index contributed by atoms with van der Waals surface area (Å²) in [7, 11) is 0. The Morgan fingerprint density at radius 3 is 2.39 bits per heavy atom. The van der Waals surface area contributed by atoms with Crippen LogP contribution in [-0.4, -0.2) is 78.6 Å². The lowest BCUT2D eigenvalue weighted by Gasteiger charge is -2.26. The monoisotopic (exact) mass is 487 g/mol. The number of benzene rings is 1. The predicted octanol–water partition coefficient (Wildman–Crippen LogP) is 2.78. The number of fused-ring (bicyclic) bond motifs is 4. The Morgan fingerprint density at radius 1 is 1.00 bits per heavy atom. The van der Waals surface area contributed by atoms with Crippen LogP contribution in [0.4, 0.5) is 0 Å². The fourth-order valence-electron chi connectivity index (χ4n) is 5.35. The number of aromatic nitrogens is 5. The molecule has 4 aromatic rings. The molecule has 5 heterocycles. The van der Waals surface area contributed by atoms with Gasteiger partial charge in [0.15, 0.2) is 11.5 Å². The smallest absolute Gasteiger partial charge is 0.262 e. The highest BCUT2D eigenvalue weighted by molar-refractivity contribution is 6.21. The molecule has 1 saturated heterocycles. The molecule has 2 aliphatic heterocycles. The zero-order valence-corrected chi connectivity index (χ0v) is 20.8. The van der Waals surface area contributed by atoms with Crippen molar-refractivity contribution >= 4 is 28.5 Å². The largest absolute Gasteiger partial charge is 0.379 e. The zero-order valence-electron chi connectivity index (χ0n) is 20.8. The van der Waals surface area contributed by atoms with Crippen molar-refractivity contribution in [2.45, 2.75) is 39.8 Å². The first kappa shape index (κ1) is 22.8. The van der Waals surface area contributed by atoms with Crippen LogP contribution in [0, 0.1) is 13.8 Å². The third kappa shape index (κ3) is 3.51. The van der Waals surface area contributed by atoms with Crippen molar-refractivity contribution in [2.75, 3.05) is 32.8 Å². The molecule has 0 bridgehead atoms. The molecule has 186 valence electrons. The standard InChI is InChI=1S/C26H29N7O3/c1-16-17(2)31(10-6-9-30-11-13-36-14-12-30)23-21(16)24-28-22(29-32(24)15-27-23)18(3)33-25(34)19-7-4-5-8-20(19)26(33)35/h4-5,7-8,15,18H,6,9-14H2,1-3H3/t18-/m1/s1. The first-order valence-electron chi connectivity index (χ1n) is 12.4. The number of hydrogen-bond donors (Lipinski definition) is 0. The molecule has 10 nitrogen and oxygen atoms in total. The molecular formula is C26H29N7O3. The van der Waals surface area contributed by atoms with Crippen molar-refractivity contribution < 1.29 is 14.3 Å². The quantitative estimate of drug-likeness (QED) is 0.386. The van der Waals surface area contributed by atoms with Gasteiger partial charge in [-0.2, -0.15) is 0 Å². The molecule has 10 heteroatoms. The van der Waals surface area contributed by atoms with E-state index in [9.17, 15) is 9.59 Å². The maximum atomic E-state index is 13.0. The van der Waals surface area contributed by atoms with E-state index < -0.39 is 6.04 Å². The van der Waals surface area contributed by atoms with Crippen LogP contribution in [0.1, 0.15) is 57.2 Å². The van der Waals surface area contributed by atoms with E-state index in [1.807, 2.05) is 0 Å². The molecule has 1 fully saturated rings. The van der Waals surface area contributed by atoms with Crippen LogP contribution in [0.3, 0.4) is 0 Å². The van der Waals surface area contributed by atoms with E-state index in [0.29, 0.717) is 22.6 Å². The molecule has 3 aromatic heterocycles. The number of hydrogen-bond acceptors (Lipinski definition) is 7. The topological polar surface area (TPSA) is 97.9 Å². The molecule has 2 aliphatic rings. The van der Waals surface area contributed by atoms with Crippen LogP contribution >= 0.6 is 0 Å². The first-order chi connectivity index (χ1) is 17.5. The highest BCUT2D eigenvalue weighted by Crippen LogP contribution is 2.32. The minimum absolute atomic E-state index is 0.316. The Morgan fingerprint density at radius 2 is 1.69 bits per heavy atom. The van der Waals surface area contributed by atoms with Crippen LogP contribution < -0.4 is 0 Å². The molecular weight excluding hydrogens is 458 g/mol. The van der Waals surface area contributed by atoms with Gasteiger partial charge in [0.1, 0.15) is 12.0 Å². The van der Waals surface area contributed by atoms with Gasteiger partial charge in [-0.15, -0.1) is 5.10 Å². The molecule has 0 radical (unpaired) electrons. The number of imide groups is 1. The van der Waals surface area contributed by atoms with Crippen molar-refractivity contribution in [2.24, 2.45) is 0 Å². The molecule has 0 N–H and O–H groups in total. The molecule has 0 unspecified atom stereocenters. The Labute approximate surface area is 208 Å². The van der Waals surface area contributed by atoms with E-state index in [1.165, 1.54) is 4.90 Å². The van der Waals surface area contributed by atoms with E-state index in [2.05, 4.69) is 28.4 Å². The summed E-state index contributed by atoms with van der Waals surface area (Å²) < 4.78 is 9.36. The molecule has 0 saturated carbocycles. The van der Waals surface area contributed by atoms with Crippen molar-refractivity contribution in [3.63, 3.8) is 0 Å². The van der Waals surface area contributed by atoms with Crippen LogP contribution in [0.2, 0.25) is 0 Å². The molecule has 0 aliphatic carbocycles. The van der Waals surface area contributed by atoms with E-state index >= 15 is 0 Å². The maximum Gasteiger partial charge on any atom is 0.262 e. The lowest BCUT2D eigenvalue weighted by Crippen LogP contribution is -2.37. The number of morpholine rings is 1. The predicted molar refractivity (Wildman–Crippen MR) is 133 cm³/mol. The maximum absolute atomic E-state index is 13.0. The second kappa shape index (κ2) is 8.79. The lowest BCUT2D eigenvalue weighted by molar-refractivity contribution is 0.0369. The van der Waals surface area contributed by atoms with Crippen LogP contribution in [0.15, 0.2) is 30.6 Å². The average molecular weight is 488 g/mol. The van der Waals surface area contributed by atoms with Crippen LogP contribution in [0.25, 0.3) is 16.7 Å². The SMILES string of the molecule is Cc1c(C)n(CCCN2CCOCC2)c2ncn3nc([C@@H](C)N4C(=O)c5ccccc5C4=O)nc3c12. The Kier molecular flexibility index (Phi) is 5.57. The summed E-state index contributed by atoms with van der Waals surface area (Å²) >= 11 is 0. The number of nitrogens with zero attached hydrogens (tertiary/aromatic N) is 7. The highest BCUT2D eigenvalue weighted by Gasteiger charge is 2.40. The van der Waals surface area contributed by atoms with E-state index in [4.69, 9.17) is 14.7 Å². The van der Waals surface area contributed by atoms with Crippen LogP contribution in [-0.2, 0) is 11.3 Å².